The van der Waals surface area contributed by atoms with Gasteiger partial charge in [0.05, 0.1) is 6.20 Å². The summed E-state index contributed by atoms with van der Waals surface area (Å²) in [5.74, 6) is 0. The number of aromatic nitrogens is 4. The van der Waals surface area contributed by atoms with E-state index in [1.54, 1.807) is 0 Å². The Balaban J connectivity index is 1.64. The Labute approximate surface area is 117 Å². The van der Waals surface area contributed by atoms with Gasteiger partial charge in [-0.3, -0.25) is 4.90 Å². The first-order valence-electron chi connectivity index (χ1n) is 6.99. The van der Waals surface area contributed by atoms with E-state index in [9.17, 15) is 0 Å². The van der Waals surface area contributed by atoms with Gasteiger partial charge in [0.1, 0.15) is 0 Å². The third-order valence-corrected chi connectivity index (χ3v) is 4.19. The van der Waals surface area contributed by atoms with Crippen LogP contribution in [-0.4, -0.2) is 30.6 Å². The summed E-state index contributed by atoms with van der Waals surface area (Å²) in [6.45, 7) is 5.28. The molecule has 4 rings (SSSR count). The second kappa shape index (κ2) is 4.45. The minimum atomic E-state index is 0.428. The van der Waals surface area contributed by atoms with Gasteiger partial charge >= 0.3 is 0 Å². The fourth-order valence-corrected chi connectivity index (χ4v) is 3.05. The zero-order valence-electron chi connectivity index (χ0n) is 11.5. The maximum atomic E-state index is 4.43. The van der Waals surface area contributed by atoms with Crippen molar-refractivity contribution >= 4 is 5.65 Å². The van der Waals surface area contributed by atoms with E-state index in [-0.39, 0.29) is 0 Å². The largest absolute Gasteiger partial charge is 0.349 e. The molecule has 0 fully saturated rings. The predicted molar refractivity (Wildman–Crippen MR) is 76.2 cm³/mol. The molecule has 3 aromatic rings. The second-order valence-corrected chi connectivity index (χ2v) is 5.33. The van der Waals surface area contributed by atoms with Gasteiger partial charge in [0.25, 0.3) is 0 Å². The topological polar surface area (TPSA) is 38.4 Å². The summed E-state index contributed by atoms with van der Waals surface area (Å²) >= 11 is 0. The third kappa shape index (κ3) is 1.74. The van der Waals surface area contributed by atoms with Crippen LogP contribution in [-0.2, 0) is 13.1 Å². The van der Waals surface area contributed by atoms with Gasteiger partial charge in [-0.05, 0) is 25.1 Å². The molecule has 1 aliphatic heterocycles. The van der Waals surface area contributed by atoms with Crippen molar-refractivity contribution in [1.82, 2.24) is 24.1 Å². The fourth-order valence-electron chi connectivity index (χ4n) is 3.05. The van der Waals surface area contributed by atoms with Crippen LogP contribution in [0, 0.1) is 0 Å². The molecule has 0 amide bonds. The molecule has 1 aliphatic rings. The smallest absolute Gasteiger partial charge is 0.159 e. The van der Waals surface area contributed by atoms with Crippen LogP contribution >= 0.6 is 0 Å². The Kier molecular flexibility index (Phi) is 2.60. The predicted octanol–water partition coefficient (Wildman–Crippen LogP) is 2.11. The first-order valence-corrected chi connectivity index (χ1v) is 6.99. The zero-order chi connectivity index (χ0) is 13.5. The van der Waals surface area contributed by atoms with E-state index < -0.39 is 0 Å². The summed E-state index contributed by atoms with van der Waals surface area (Å²) in [5, 5.41) is 4.37. The van der Waals surface area contributed by atoms with Crippen molar-refractivity contribution in [3.8, 4) is 0 Å². The molecule has 1 atom stereocenters. The summed E-state index contributed by atoms with van der Waals surface area (Å²) < 4.78 is 4.18. The van der Waals surface area contributed by atoms with Gasteiger partial charge in [-0.15, -0.1) is 0 Å². The monoisotopic (exact) mass is 267 g/mol. The van der Waals surface area contributed by atoms with Crippen molar-refractivity contribution in [1.29, 1.82) is 0 Å². The lowest BCUT2D eigenvalue weighted by Gasteiger charge is -2.34. The Morgan fingerprint density at radius 1 is 1.25 bits per heavy atom. The average Bonchev–Trinajstić information content (AvgIpc) is 3.10. The van der Waals surface area contributed by atoms with Gasteiger partial charge in [-0.2, -0.15) is 5.10 Å². The maximum absolute atomic E-state index is 4.43. The summed E-state index contributed by atoms with van der Waals surface area (Å²) in [7, 11) is 0. The number of rotatable bonds is 2. The van der Waals surface area contributed by atoms with Gasteiger partial charge in [-0.25, -0.2) is 9.50 Å². The molecule has 20 heavy (non-hydrogen) atoms. The molecule has 0 saturated heterocycles. The molecule has 0 radical (unpaired) electrons. The van der Waals surface area contributed by atoms with Crippen molar-refractivity contribution in [3.05, 3.63) is 54.2 Å². The summed E-state index contributed by atoms with van der Waals surface area (Å²) in [6.07, 6.45) is 7.87. The van der Waals surface area contributed by atoms with Crippen molar-refractivity contribution < 1.29 is 0 Å². The molecular formula is C15H17N5. The molecule has 5 heteroatoms. The molecule has 0 N–H and O–H groups in total. The fraction of sp³-hybridized carbons (Fsp3) is 0.333. The normalized spacial score (nSPS) is 19.4. The van der Waals surface area contributed by atoms with E-state index in [1.165, 1.54) is 11.3 Å². The lowest BCUT2D eigenvalue weighted by Crippen LogP contribution is -2.35. The third-order valence-electron chi connectivity index (χ3n) is 4.19. The van der Waals surface area contributed by atoms with Gasteiger partial charge < -0.3 is 4.57 Å². The molecule has 0 bridgehead atoms. The van der Waals surface area contributed by atoms with Crippen molar-refractivity contribution in [2.75, 3.05) is 6.54 Å². The van der Waals surface area contributed by atoms with Crippen LogP contribution in [0.3, 0.4) is 0 Å². The maximum Gasteiger partial charge on any atom is 0.159 e. The highest BCUT2D eigenvalue weighted by Gasteiger charge is 2.24. The molecule has 0 aliphatic carbocycles. The van der Waals surface area contributed by atoms with Gasteiger partial charge in [-0.1, -0.05) is 0 Å². The van der Waals surface area contributed by atoms with Crippen molar-refractivity contribution in [2.45, 2.75) is 26.1 Å². The van der Waals surface area contributed by atoms with E-state index >= 15 is 0 Å². The Morgan fingerprint density at radius 3 is 3.15 bits per heavy atom. The molecular weight excluding hydrogens is 250 g/mol. The molecule has 4 heterocycles. The molecule has 102 valence electrons. The zero-order valence-corrected chi connectivity index (χ0v) is 11.5. The average molecular weight is 267 g/mol. The summed E-state index contributed by atoms with van der Waals surface area (Å²) in [4.78, 5) is 6.92. The highest BCUT2D eigenvalue weighted by atomic mass is 15.3. The Hall–Kier alpha value is -2.14. The number of fused-ring (bicyclic) bond motifs is 2. The van der Waals surface area contributed by atoms with Crippen LogP contribution in [0.1, 0.15) is 24.2 Å². The Morgan fingerprint density at radius 2 is 2.20 bits per heavy atom. The van der Waals surface area contributed by atoms with E-state index in [0.717, 1.165) is 25.3 Å². The standard InChI is InChI=1S/C15H17N5/c1-12-14-4-2-6-18(14)8-9-19(12)11-13-10-17-20-7-3-5-16-15(13)20/h2-7,10,12H,8-9,11H2,1H3/t12-/m0/s1. The Bertz CT molecular complexity index is 741. The highest BCUT2D eigenvalue weighted by molar-refractivity contribution is 5.45. The van der Waals surface area contributed by atoms with Gasteiger partial charge in [0.15, 0.2) is 5.65 Å². The molecule has 5 nitrogen and oxygen atoms in total. The summed E-state index contributed by atoms with van der Waals surface area (Å²) in [5.41, 5.74) is 3.54. The minimum Gasteiger partial charge on any atom is -0.349 e. The lowest BCUT2D eigenvalue weighted by atomic mass is 10.1. The number of hydrogen-bond donors (Lipinski definition) is 0. The van der Waals surface area contributed by atoms with Crippen molar-refractivity contribution in [3.63, 3.8) is 0 Å². The molecule has 0 aromatic carbocycles. The highest BCUT2D eigenvalue weighted by Crippen LogP contribution is 2.27. The lowest BCUT2D eigenvalue weighted by molar-refractivity contribution is 0.161. The van der Waals surface area contributed by atoms with Gasteiger partial charge in [0.2, 0.25) is 0 Å². The van der Waals surface area contributed by atoms with Crippen molar-refractivity contribution in [2.24, 2.45) is 0 Å². The number of nitrogens with zero attached hydrogens (tertiary/aromatic N) is 5. The second-order valence-electron chi connectivity index (χ2n) is 5.33. The first-order chi connectivity index (χ1) is 9.83. The van der Waals surface area contributed by atoms with Crippen LogP contribution in [0.15, 0.2) is 43.0 Å². The summed E-state index contributed by atoms with van der Waals surface area (Å²) in [6, 6.07) is 6.68. The first kappa shape index (κ1) is 11.7. The van der Waals surface area contributed by atoms with E-state index in [0.29, 0.717) is 6.04 Å². The number of hydrogen-bond acceptors (Lipinski definition) is 3. The van der Waals surface area contributed by atoms with Crippen LogP contribution in [0.2, 0.25) is 0 Å². The molecule has 3 aromatic heterocycles. The molecule has 0 saturated carbocycles. The van der Waals surface area contributed by atoms with Crippen LogP contribution in [0.25, 0.3) is 5.65 Å². The van der Waals surface area contributed by atoms with E-state index in [2.05, 4.69) is 44.8 Å². The van der Waals surface area contributed by atoms with Gasteiger partial charge in [0, 0.05) is 55.5 Å². The van der Waals surface area contributed by atoms with E-state index in [1.807, 2.05) is 29.2 Å². The molecule has 0 spiro atoms. The van der Waals surface area contributed by atoms with Crippen LogP contribution < -0.4 is 0 Å². The van der Waals surface area contributed by atoms with Crippen LogP contribution in [0.5, 0.6) is 0 Å². The molecule has 0 unspecified atom stereocenters. The minimum absolute atomic E-state index is 0.428. The van der Waals surface area contributed by atoms with Crippen LogP contribution in [0.4, 0.5) is 0 Å². The van der Waals surface area contributed by atoms with E-state index in [4.69, 9.17) is 0 Å². The SMILES string of the molecule is C[C@H]1c2cccn2CCN1Cc1cnn2cccnc12. The quantitative estimate of drug-likeness (QED) is 0.713.